The van der Waals surface area contributed by atoms with Crippen molar-refractivity contribution < 1.29 is 0 Å². The summed E-state index contributed by atoms with van der Waals surface area (Å²) in [5.74, 6) is 0. The molecule has 0 aliphatic rings. The molecule has 0 heterocycles. The highest BCUT2D eigenvalue weighted by Crippen LogP contribution is 2.51. The summed E-state index contributed by atoms with van der Waals surface area (Å²) < 4.78 is 0. The Morgan fingerprint density at radius 2 is 0.354 bits per heavy atom. The Hall–Kier alpha value is -6.24. The van der Waals surface area contributed by atoms with E-state index >= 15 is 0 Å². The second-order valence-electron chi connectivity index (χ2n) is 12.1. The van der Waals surface area contributed by atoms with Crippen LogP contribution >= 0.6 is 0 Å². The van der Waals surface area contributed by atoms with Gasteiger partial charge in [-0.2, -0.15) is 0 Å². The molecule has 0 bridgehead atoms. The van der Waals surface area contributed by atoms with E-state index in [1.165, 1.54) is 77.9 Å². The minimum absolute atomic E-state index is 1.19. The largest absolute Gasteiger partial charge is 0.0622 e. The lowest BCUT2D eigenvalue weighted by atomic mass is 9.78. The molecule has 8 rings (SSSR count). The van der Waals surface area contributed by atoms with Gasteiger partial charge in [0.2, 0.25) is 0 Å². The molecule has 0 saturated heterocycles. The fraction of sp³-hybridized carbons (Fsp3) is 0. The van der Waals surface area contributed by atoms with Crippen molar-refractivity contribution in [2.45, 2.75) is 0 Å². The number of rotatable bonds is 7. The highest BCUT2D eigenvalue weighted by Gasteiger charge is 2.24. The van der Waals surface area contributed by atoms with Crippen LogP contribution in [0.4, 0.5) is 0 Å². The molecular weight excluding hydrogens is 577 g/mol. The van der Waals surface area contributed by atoms with E-state index in [1.807, 2.05) is 0 Å². The summed E-state index contributed by atoms with van der Waals surface area (Å²) in [6.07, 6.45) is 0. The van der Waals surface area contributed by atoms with Crippen molar-refractivity contribution in [2.24, 2.45) is 0 Å². The van der Waals surface area contributed by atoms with Crippen molar-refractivity contribution in [3.8, 4) is 77.9 Å². The molecule has 0 amide bonds. The molecule has 0 nitrogen and oxygen atoms in total. The van der Waals surface area contributed by atoms with Crippen LogP contribution in [0.15, 0.2) is 206 Å². The van der Waals surface area contributed by atoms with E-state index in [1.54, 1.807) is 0 Å². The zero-order chi connectivity index (χ0) is 32.1. The Morgan fingerprint density at radius 1 is 0.167 bits per heavy atom. The molecule has 0 fully saturated rings. The monoisotopic (exact) mass is 610 g/mol. The van der Waals surface area contributed by atoms with E-state index in [9.17, 15) is 0 Å². The van der Waals surface area contributed by atoms with Gasteiger partial charge in [0.1, 0.15) is 0 Å². The molecule has 0 saturated carbocycles. The summed E-state index contributed by atoms with van der Waals surface area (Å²) in [5.41, 5.74) is 16.8. The summed E-state index contributed by atoms with van der Waals surface area (Å²) >= 11 is 0. The highest BCUT2D eigenvalue weighted by atomic mass is 14.3. The van der Waals surface area contributed by atoms with Gasteiger partial charge in [0.05, 0.1) is 0 Å². The topological polar surface area (TPSA) is 0 Å². The van der Waals surface area contributed by atoms with Crippen LogP contribution in [0.3, 0.4) is 0 Å². The molecule has 0 unspecified atom stereocenters. The van der Waals surface area contributed by atoms with Crippen LogP contribution in [0, 0.1) is 0 Å². The van der Waals surface area contributed by atoms with Crippen molar-refractivity contribution >= 4 is 0 Å². The van der Waals surface area contributed by atoms with Crippen LogP contribution in [-0.2, 0) is 0 Å². The van der Waals surface area contributed by atoms with Crippen molar-refractivity contribution in [3.63, 3.8) is 0 Å². The third kappa shape index (κ3) is 5.77. The summed E-state index contributed by atoms with van der Waals surface area (Å²) in [6, 6.07) is 74.5. The third-order valence-corrected chi connectivity index (χ3v) is 9.08. The number of hydrogen-bond donors (Lipinski definition) is 0. The molecule has 0 radical (unpaired) electrons. The molecule has 0 heteroatoms. The normalized spacial score (nSPS) is 10.9. The summed E-state index contributed by atoms with van der Waals surface area (Å²) in [7, 11) is 0. The van der Waals surface area contributed by atoms with E-state index in [2.05, 4.69) is 206 Å². The minimum atomic E-state index is 1.19. The molecular formula is C48H34. The number of benzene rings is 8. The van der Waals surface area contributed by atoms with Crippen molar-refractivity contribution in [1.82, 2.24) is 0 Å². The van der Waals surface area contributed by atoms with Gasteiger partial charge in [-0.25, -0.2) is 0 Å². The third-order valence-electron chi connectivity index (χ3n) is 9.08. The van der Waals surface area contributed by atoms with Crippen LogP contribution in [0.2, 0.25) is 0 Å². The summed E-state index contributed by atoms with van der Waals surface area (Å²) in [4.78, 5) is 0. The highest BCUT2D eigenvalue weighted by molar-refractivity contribution is 6.07. The lowest BCUT2D eigenvalue weighted by molar-refractivity contribution is 1.52. The second-order valence-corrected chi connectivity index (χ2v) is 12.1. The molecule has 0 spiro atoms. The molecule has 8 aromatic rings. The first-order valence-corrected chi connectivity index (χ1v) is 16.5. The first-order valence-electron chi connectivity index (χ1n) is 16.5. The summed E-state index contributed by atoms with van der Waals surface area (Å²) in [5, 5.41) is 0. The smallest absolute Gasteiger partial charge is 0.00139 e. The van der Waals surface area contributed by atoms with Crippen LogP contribution in [0.1, 0.15) is 0 Å². The quantitative estimate of drug-likeness (QED) is 0.168. The Labute approximate surface area is 283 Å². The fourth-order valence-corrected chi connectivity index (χ4v) is 6.80. The van der Waals surface area contributed by atoms with Gasteiger partial charge < -0.3 is 0 Å². The molecule has 226 valence electrons. The molecule has 0 aliphatic carbocycles. The van der Waals surface area contributed by atoms with Gasteiger partial charge in [0.15, 0.2) is 0 Å². The lowest BCUT2D eigenvalue weighted by Crippen LogP contribution is -1.98. The van der Waals surface area contributed by atoms with Crippen molar-refractivity contribution in [3.05, 3.63) is 206 Å². The van der Waals surface area contributed by atoms with E-state index in [0.29, 0.717) is 0 Å². The van der Waals surface area contributed by atoms with Gasteiger partial charge in [-0.1, -0.05) is 182 Å². The van der Waals surface area contributed by atoms with Crippen LogP contribution < -0.4 is 0 Å². The lowest BCUT2D eigenvalue weighted by Gasteiger charge is -2.25. The van der Waals surface area contributed by atoms with E-state index < -0.39 is 0 Å². The predicted octanol–water partition coefficient (Wildman–Crippen LogP) is 13.4. The molecule has 0 aliphatic heterocycles. The Morgan fingerprint density at radius 3 is 0.562 bits per heavy atom. The van der Waals surface area contributed by atoms with E-state index in [4.69, 9.17) is 0 Å². The Bertz CT molecular complexity index is 1980. The van der Waals surface area contributed by atoms with Crippen LogP contribution in [0.25, 0.3) is 77.9 Å². The predicted molar refractivity (Wildman–Crippen MR) is 204 cm³/mol. The Kier molecular flexibility index (Phi) is 8.05. The Balaban J connectivity index is 1.57. The first kappa shape index (κ1) is 29.2. The van der Waals surface area contributed by atoms with Crippen molar-refractivity contribution in [1.29, 1.82) is 0 Å². The van der Waals surface area contributed by atoms with Gasteiger partial charge in [0, 0.05) is 0 Å². The standard InChI is InChI=1S/C48H34/c1-7-19-35(20-8-1)41-31-43(37-23-11-3-12-24-37)47(44(32-41)38-25-13-4-14-26-38)48-45(39-27-15-5-16-28-39)33-42(36-21-9-2-10-22-36)34-46(48)40-29-17-6-18-30-40/h1-34H. The van der Waals surface area contributed by atoms with Crippen LogP contribution in [-0.4, -0.2) is 0 Å². The zero-order valence-electron chi connectivity index (χ0n) is 26.6. The van der Waals surface area contributed by atoms with Crippen LogP contribution in [0.5, 0.6) is 0 Å². The first-order chi connectivity index (χ1) is 23.8. The van der Waals surface area contributed by atoms with Gasteiger partial charge >= 0.3 is 0 Å². The average molecular weight is 611 g/mol. The van der Waals surface area contributed by atoms with Gasteiger partial charge in [-0.15, -0.1) is 0 Å². The number of hydrogen-bond acceptors (Lipinski definition) is 0. The van der Waals surface area contributed by atoms with Crippen molar-refractivity contribution in [2.75, 3.05) is 0 Å². The molecule has 0 atom stereocenters. The maximum absolute atomic E-state index is 2.39. The maximum atomic E-state index is 2.39. The molecule has 0 N–H and O–H groups in total. The fourth-order valence-electron chi connectivity index (χ4n) is 6.80. The maximum Gasteiger partial charge on any atom is -0.00139 e. The summed E-state index contributed by atoms with van der Waals surface area (Å²) in [6.45, 7) is 0. The van der Waals surface area contributed by atoms with E-state index in [-0.39, 0.29) is 0 Å². The molecule has 8 aromatic carbocycles. The second kappa shape index (κ2) is 13.2. The van der Waals surface area contributed by atoms with E-state index in [0.717, 1.165) is 0 Å². The molecule has 0 aromatic heterocycles. The van der Waals surface area contributed by atoms with Gasteiger partial charge in [0.25, 0.3) is 0 Å². The average Bonchev–Trinajstić information content (AvgIpc) is 3.19. The zero-order valence-corrected chi connectivity index (χ0v) is 26.6. The SMILES string of the molecule is c1ccc(-c2cc(-c3ccccc3)c(-c3c(-c4ccccc4)cc(-c4ccccc4)cc3-c3ccccc3)c(-c3ccccc3)c2)cc1. The molecule has 48 heavy (non-hydrogen) atoms. The van der Waals surface area contributed by atoms with Gasteiger partial charge in [-0.3, -0.25) is 0 Å². The van der Waals surface area contributed by atoms with Gasteiger partial charge in [-0.05, 0) is 102 Å². The minimum Gasteiger partial charge on any atom is -0.0622 e.